The Morgan fingerprint density at radius 1 is 1.10 bits per heavy atom. The van der Waals surface area contributed by atoms with Crippen LogP contribution in [0.15, 0.2) is 47.1 Å². The number of anilines is 1. The van der Waals surface area contributed by atoms with E-state index in [2.05, 4.69) is 21.7 Å². The highest BCUT2D eigenvalue weighted by molar-refractivity contribution is 6.04. The number of benzene rings is 2. The molecule has 2 aromatic carbocycles. The molecule has 30 heavy (non-hydrogen) atoms. The number of ether oxygens (including phenoxy) is 1. The summed E-state index contributed by atoms with van der Waals surface area (Å²) in [6, 6.07) is 11.2. The number of amides is 2. The standard InChI is InChI=1S/C23H23N3O4/c1-14-5-7-18(11-19(14)26-23(28)20-13-30-15(2)25-20)22(27)24-12-16-6-8-21-17(10-16)4-3-9-29-21/h5-8,10-11,13H,3-4,9,12H2,1-2H3,(H,24,27)(H,26,28). The van der Waals surface area contributed by atoms with Gasteiger partial charge in [-0.25, -0.2) is 4.98 Å². The number of hydrogen-bond donors (Lipinski definition) is 2. The molecule has 7 heteroatoms. The molecule has 2 heterocycles. The van der Waals surface area contributed by atoms with Crippen molar-refractivity contribution in [2.45, 2.75) is 33.2 Å². The molecule has 0 unspecified atom stereocenters. The minimum absolute atomic E-state index is 0.193. The lowest BCUT2D eigenvalue weighted by Gasteiger charge is -2.18. The van der Waals surface area contributed by atoms with Crippen LogP contribution in [-0.4, -0.2) is 23.4 Å². The van der Waals surface area contributed by atoms with E-state index in [1.807, 2.05) is 19.1 Å². The van der Waals surface area contributed by atoms with Crippen LogP contribution in [-0.2, 0) is 13.0 Å². The van der Waals surface area contributed by atoms with E-state index in [4.69, 9.17) is 9.15 Å². The van der Waals surface area contributed by atoms with Crippen molar-refractivity contribution in [3.63, 3.8) is 0 Å². The predicted molar refractivity (Wildman–Crippen MR) is 112 cm³/mol. The third-order valence-corrected chi connectivity index (χ3v) is 5.03. The Hall–Kier alpha value is -3.61. The number of oxazole rings is 1. The van der Waals surface area contributed by atoms with Gasteiger partial charge in [-0.3, -0.25) is 9.59 Å². The van der Waals surface area contributed by atoms with E-state index in [0.717, 1.165) is 36.3 Å². The number of carbonyl (C=O) groups is 2. The quantitative estimate of drug-likeness (QED) is 0.673. The second kappa shape index (κ2) is 8.41. The van der Waals surface area contributed by atoms with Gasteiger partial charge in [-0.1, -0.05) is 18.2 Å². The maximum Gasteiger partial charge on any atom is 0.277 e. The van der Waals surface area contributed by atoms with Crippen LogP contribution in [0.4, 0.5) is 5.69 Å². The van der Waals surface area contributed by atoms with E-state index < -0.39 is 0 Å². The van der Waals surface area contributed by atoms with Gasteiger partial charge in [0.2, 0.25) is 0 Å². The average molecular weight is 405 g/mol. The van der Waals surface area contributed by atoms with Crippen LogP contribution in [0.2, 0.25) is 0 Å². The van der Waals surface area contributed by atoms with Crippen LogP contribution < -0.4 is 15.4 Å². The molecular weight excluding hydrogens is 382 g/mol. The number of nitrogens with zero attached hydrogens (tertiary/aromatic N) is 1. The van der Waals surface area contributed by atoms with Crippen molar-refractivity contribution in [1.82, 2.24) is 10.3 Å². The Labute approximate surface area is 174 Å². The lowest BCUT2D eigenvalue weighted by atomic mass is 10.0. The lowest BCUT2D eigenvalue weighted by molar-refractivity contribution is 0.0949. The van der Waals surface area contributed by atoms with Crippen molar-refractivity contribution in [2.75, 3.05) is 11.9 Å². The molecule has 1 aromatic heterocycles. The highest BCUT2D eigenvalue weighted by Crippen LogP contribution is 2.25. The minimum atomic E-state index is -0.385. The topological polar surface area (TPSA) is 93.5 Å². The molecule has 1 aliphatic rings. The molecule has 0 spiro atoms. The summed E-state index contributed by atoms with van der Waals surface area (Å²) in [4.78, 5) is 29.0. The van der Waals surface area contributed by atoms with Crippen molar-refractivity contribution in [3.8, 4) is 5.75 Å². The third-order valence-electron chi connectivity index (χ3n) is 5.03. The maximum absolute atomic E-state index is 12.7. The first kappa shape index (κ1) is 19.7. The monoisotopic (exact) mass is 405 g/mol. The molecule has 0 bridgehead atoms. The zero-order chi connectivity index (χ0) is 21.1. The predicted octanol–water partition coefficient (Wildman–Crippen LogP) is 3.80. The normalized spacial score (nSPS) is 12.6. The zero-order valence-electron chi connectivity index (χ0n) is 17.0. The minimum Gasteiger partial charge on any atom is -0.493 e. The summed E-state index contributed by atoms with van der Waals surface area (Å²) >= 11 is 0. The molecule has 0 atom stereocenters. The summed E-state index contributed by atoms with van der Waals surface area (Å²) in [5, 5.41) is 5.72. The largest absolute Gasteiger partial charge is 0.493 e. The molecule has 1 aliphatic heterocycles. The lowest BCUT2D eigenvalue weighted by Crippen LogP contribution is -2.23. The number of carbonyl (C=O) groups excluding carboxylic acids is 2. The second-order valence-corrected chi connectivity index (χ2v) is 7.31. The van der Waals surface area contributed by atoms with Crippen LogP contribution in [0.1, 0.15) is 49.8 Å². The van der Waals surface area contributed by atoms with Gasteiger partial charge in [0.05, 0.1) is 6.61 Å². The Kier molecular flexibility index (Phi) is 5.52. The van der Waals surface area contributed by atoms with Crippen LogP contribution in [0, 0.1) is 13.8 Å². The summed E-state index contributed by atoms with van der Waals surface area (Å²) in [6.07, 6.45) is 3.30. The second-order valence-electron chi connectivity index (χ2n) is 7.31. The first-order chi connectivity index (χ1) is 14.5. The van der Waals surface area contributed by atoms with E-state index in [1.165, 1.54) is 11.8 Å². The fourth-order valence-electron chi connectivity index (χ4n) is 3.36. The van der Waals surface area contributed by atoms with Crippen LogP contribution in [0.5, 0.6) is 5.75 Å². The van der Waals surface area contributed by atoms with Gasteiger partial charge >= 0.3 is 0 Å². The van der Waals surface area contributed by atoms with Crippen molar-refractivity contribution in [1.29, 1.82) is 0 Å². The van der Waals surface area contributed by atoms with Gasteiger partial charge in [-0.2, -0.15) is 0 Å². The van der Waals surface area contributed by atoms with E-state index in [1.54, 1.807) is 25.1 Å². The number of rotatable bonds is 5. The van der Waals surface area contributed by atoms with E-state index in [9.17, 15) is 9.59 Å². The zero-order valence-corrected chi connectivity index (χ0v) is 17.0. The molecule has 0 saturated heterocycles. The average Bonchev–Trinajstić information content (AvgIpc) is 3.20. The molecule has 0 saturated carbocycles. The summed E-state index contributed by atoms with van der Waals surface area (Å²) in [6.45, 7) is 4.70. The number of nitrogens with one attached hydrogen (secondary N) is 2. The first-order valence-electron chi connectivity index (χ1n) is 9.86. The fraction of sp³-hybridized carbons (Fsp3) is 0.261. The molecule has 2 amide bonds. The smallest absolute Gasteiger partial charge is 0.277 e. The van der Waals surface area contributed by atoms with Crippen molar-refractivity contribution in [2.24, 2.45) is 0 Å². The summed E-state index contributed by atoms with van der Waals surface area (Å²) in [5.74, 6) is 0.747. The van der Waals surface area contributed by atoms with Crippen LogP contribution in [0.3, 0.4) is 0 Å². The molecule has 4 rings (SSSR count). The molecule has 154 valence electrons. The molecular formula is C23H23N3O4. The number of aromatic nitrogens is 1. The highest BCUT2D eigenvalue weighted by atomic mass is 16.5. The number of aryl methyl sites for hydroxylation is 3. The van der Waals surface area contributed by atoms with E-state index in [0.29, 0.717) is 23.7 Å². The maximum atomic E-state index is 12.7. The van der Waals surface area contributed by atoms with Crippen molar-refractivity contribution in [3.05, 3.63) is 76.5 Å². The van der Waals surface area contributed by atoms with Crippen LogP contribution in [0.25, 0.3) is 0 Å². The Morgan fingerprint density at radius 3 is 2.77 bits per heavy atom. The highest BCUT2D eigenvalue weighted by Gasteiger charge is 2.15. The Morgan fingerprint density at radius 2 is 1.97 bits per heavy atom. The van der Waals surface area contributed by atoms with E-state index in [-0.39, 0.29) is 17.5 Å². The van der Waals surface area contributed by atoms with Gasteiger partial charge in [0.1, 0.15) is 12.0 Å². The number of fused-ring (bicyclic) bond motifs is 1. The van der Waals surface area contributed by atoms with E-state index >= 15 is 0 Å². The fourth-order valence-corrected chi connectivity index (χ4v) is 3.36. The molecule has 0 aliphatic carbocycles. The Balaban J connectivity index is 1.43. The van der Waals surface area contributed by atoms with Gasteiger partial charge in [0.15, 0.2) is 11.6 Å². The summed E-state index contributed by atoms with van der Waals surface area (Å²) in [5.41, 5.74) is 4.26. The molecule has 3 aromatic rings. The van der Waals surface area contributed by atoms with Crippen molar-refractivity contribution < 1.29 is 18.7 Å². The molecule has 0 fully saturated rings. The van der Waals surface area contributed by atoms with Crippen molar-refractivity contribution >= 4 is 17.5 Å². The third kappa shape index (κ3) is 4.35. The number of hydrogen-bond acceptors (Lipinski definition) is 5. The van der Waals surface area contributed by atoms with Crippen LogP contribution >= 0.6 is 0 Å². The molecule has 2 N–H and O–H groups in total. The molecule has 0 radical (unpaired) electrons. The Bertz CT molecular complexity index is 1100. The van der Waals surface area contributed by atoms with Gasteiger partial charge in [-0.15, -0.1) is 0 Å². The van der Waals surface area contributed by atoms with Gasteiger partial charge < -0.3 is 19.8 Å². The molecule has 7 nitrogen and oxygen atoms in total. The SMILES string of the molecule is Cc1nc(C(=O)Nc2cc(C(=O)NCc3ccc4c(c3)CCCO4)ccc2C)co1. The van der Waals surface area contributed by atoms with Gasteiger partial charge in [0.25, 0.3) is 11.8 Å². The summed E-state index contributed by atoms with van der Waals surface area (Å²) in [7, 11) is 0. The van der Waals surface area contributed by atoms with Gasteiger partial charge in [0, 0.05) is 24.7 Å². The first-order valence-corrected chi connectivity index (χ1v) is 9.86. The van der Waals surface area contributed by atoms with Gasteiger partial charge in [-0.05, 0) is 54.7 Å². The summed E-state index contributed by atoms with van der Waals surface area (Å²) < 4.78 is 10.7.